The Labute approximate surface area is 124 Å². The molecule has 2 N–H and O–H groups in total. The summed E-state index contributed by atoms with van der Waals surface area (Å²) in [6.45, 7) is -0.272. The minimum atomic E-state index is -3.87. The maximum atomic E-state index is 11.8. The predicted molar refractivity (Wildman–Crippen MR) is 78.2 cm³/mol. The predicted octanol–water partition coefficient (Wildman–Crippen LogP) is 1.31. The highest BCUT2D eigenvalue weighted by Crippen LogP contribution is 2.34. The summed E-state index contributed by atoms with van der Waals surface area (Å²) in [6, 6.07) is 4.85. The van der Waals surface area contributed by atoms with Crippen molar-refractivity contribution in [2.24, 2.45) is 5.92 Å². The van der Waals surface area contributed by atoms with Crippen LogP contribution in [0.2, 0.25) is 0 Å². The van der Waals surface area contributed by atoms with Gasteiger partial charge in [-0.25, -0.2) is 0 Å². The van der Waals surface area contributed by atoms with E-state index in [9.17, 15) is 18.3 Å². The summed E-state index contributed by atoms with van der Waals surface area (Å²) < 4.78 is 26.3. The maximum Gasteiger partial charge on any atom is 0.308 e. The first kappa shape index (κ1) is 14.3. The molecule has 1 aromatic carbocycles. The van der Waals surface area contributed by atoms with Crippen LogP contribution in [0.3, 0.4) is 0 Å². The van der Waals surface area contributed by atoms with Gasteiger partial charge in [-0.1, -0.05) is 31.7 Å². The van der Waals surface area contributed by atoms with Gasteiger partial charge in [0.1, 0.15) is 11.4 Å². The van der Waals surface area contributed by atoms with Crippen molar-refractivity contribution in [2.75, 3.05) is 10.8 Å². The monoisotopic (exact) mass is 310 g/mol. The second kappa shape index (κ2) is 5.31. The number of hydrogen-bond donors (Lipinski definition) is 2. The molecule has 1 heterocycles. The molecule has 2 aliphatic rings. The zero-order valence-corrected chi connectivity index (χ0v) is 12.4. The van der Waals surface area contributed by atoms with Crippen molar-refractivity contribution in [3.05, 3.63) is 23.8 Å². The van der Waals surface area contributed by atoms with E-state index in [-0.39, 0.29) is 18.0 Å². The number of hydrogen-bond acceptors (Lipinski definition) is 4. The summed E-state index contributed by atoms with van der Waals surface area (Å²) in [5, 5.41) is 10.1. The van der Waals surface area contributed by atoms with Crippen LogP contribution in [-0.2, 0) is 21.4 Å². The van der Waals surface area contributed by atoms with E-state index in [1.807, 2.05) is 0 Å². The summed E-state index contributed by atoms with van der Waals surface area (Å²) in [7, 11) is -3.87. The van der Waals surface area contributed by atoms with E-state index in [4.69, 9.17) is 0 Å². The third kappa shape index (κ3) is 2.75. The summed E-state index contributed by atoms with van der Waals surface area (Å²) in [4.78, 5) is 11.7. The number of rotatable bonds is 3. The lowest BCUT2D eigenvalue weighted by atomic mass is 9.97. The Kier molecular flexibility index (Phi) is 3.62. The highest BCUT2D eigenvalue weighted by Gasteiger charge is 2.37. The van der Waals surface area contributed by atoms with Crippen LogP contribution in [0.1, 0.15) is 31.2 Å². The van der Waals surface area contributed by atoms with Gasteiger partial charge >= 0.3 is 10.2 Å². The molecule has 7 heteroatoms. The average molecular weight is 310 g/mol. The molecule has 114 valence electrons. The van der Waals surface area contributed by atoms with E-state index >= 15 is 0 Å². The number of phenols is 1. The highest BCUT2D eigenvalue weighted by molar-refractivity contribution is 7.92. The van der Waals surface area contributed by atoms with Crippen LogP contribution in [-0.4, -0.2) is 26.0 Å². The molecular weight excluding hydrogens is 292 g/mol. The molecule has 1 aliphatic carbocycles. The number of nitrogens with one attached hydrogen (secondary N) is 1. The van der Waals surface area contributed by atoms with Crippen LogP contribution in [0.15, 0.2) is 18.2 Å². The van der Waals surface area contributed by atoms with Crippen LogP contribution in [0.5, 0.6) is 5.75 Å². The van der Waals surface area contributed by atoms with E-state index in [1.165, 1.54) is 31.7 Å². The van der Waals surface area contributed by atoms with E-state index in [0.717, 1.165) is 12.0 Å². The molecule has 0 bridgehead atoms. The van der Waals surface area contributed by atoms with Crippen LogP contribution in [0.25, 0.3) is 0 Å². The molecule has 0 radical (unpaired) electrons. The van der Waals surface area contributed by atoms with Crippen molar-refractivity contribution >= 4 is 21.8 Å². The Balaban J connectivity index is 1.86. The summed E-state index contributed by atoms with van der Waals surface area (Å²) in [5.74, 6) is -0.131. The van der Waals surface area contributed by atoms with Gasteiger partial charge in [-0.05, 0) is 30.0 Å². The van der Waals surface area contributed by atoms with Gasteiger partial charge in [0.2, 0.25) is 0 Å². The number of amides is 1. The van der Waals surface area contributed by atoms with E-state index < -0.39 is 16.1 Å². The van der Waals surface area contributed by atoms with Gasteiger partial charge in [0, 0.05) is 0 Å². The Morgan fingerprint density at radius 3 is 2.57 bits per heavy atom. The van der Waals surface area contributed by atoms with Crippen molar-refractivity contribution in [1.29, 1.82) is 0 Å². The number of benzene rings is 1. The highest BCUT2D eigenvalue weighted by atomic mass is 32.2. The molecule has 1 aromatic rings. The molecule has 6 nitrogen and oxygen atoms in total. The lowest BCUT2D eigenvalue weighted by Crippen LogP contribution is -2.31. The van der Waals surface area contributed by atoms with Crippen molar-refractivity contribution in [3.63, 3.8) is 0 Å². The molecule has 0 spiro atoms. The normalized spacial score (nSPS) is 22.1. The molecule has 0 aromatic heterocycles. The minimum absolute atomic E-state index is 0.0140. The third-order valence-electron chi connectivity index (χ3n) is 4.13. The van der Waals surface area contributed by atoms with Gasteiger partial charge in [0.25, 0.3) is 5.91 Å². The van der Waals surface area contributed by atoms with E-state index in [2.05, 4.69) is 4.72 Å². The molecule has 21 heavy (non-hydrogen) atoms. The van der Waals surface area contributed by atoms with E-state index in [0.29, 0.717) is 10.2 Å². The lowest BCUT2D eigenvalue weighted by molar-refractivity contribution is -0.115. The van der Waals surface area contributed by atoms with E-state index in [1.54, 1.807) is 12.1 Å². The second-order valence-corrected chi connectivity index (χ2v) is 7.27. The summed E-state index contributed by atoms with van der Waals surface area (Å²) >= 11 is 0. The first-order valence-corrected chi connectivity index (χ1v) is 8.56. The zero-order valence-electron chi connectivity index (χ0n) is 11.6. The maximum absolute atomic E-state index is 11.8. The summed E-state index contributed by atoms with van der Waals surface area (Å²) in [5.41, 5.74) is 0.986. The Hall–Kier alpha value is -1.60. The van der Waals surface area contributed by atoms with Gasteiger partial charge in [0.15, 0.2) is 0 Å². The van der Waals surface area contributed by atoms with Crippen molar-refractivity contribution in [1.82, 2.24) is 4.72 Å². The minimum Gasteiger partial charge on any atom is -0.506 e. The molecule has 2 fully saturated rings. The molecule has 3 rings (SSSR count). The van der Waals surface area contributed by atoms with Gasteiger partial charge in [-0.3, -0.25) is 4.79 Å². The Morgan fingerprint density at radius 2 is 2.00 bits per heavy atom. The smallest absolute Gasteiger partial charge is 0.308 e. The molecule has 1 saturated heterocycles. The third-order valence-corrected chi connectivity index (χ3v) is 5.52. The molecular formula is C14H18N2O4S. The average Bonchev–Trinajstić information content (AvgIpc) is 3.00. The van der Waals surface area contributed by atoms with Crippen molar-refractivity contribution in [2.45, 2.75) is 32.1 Å². The number of nitrogens with zero attached hydrogens (tertiary/aromatic N) is 1. The first-order chi connectivity index (χ1) is 9.97. The quantitative estimate of drug-likeness (QED) is 0.881. The number of carbonyl (C=O) groups is 1. The molecule has 0 unspecified atom stereocenters. The van der Waals surface area contributed by atoms with Gasteiger partial charge in [0.05, 0.1) is 6.54 Å². The molecule has 1 amide bonds. The molecule has 0 atom stereocenters. The molecule has 1 aliphatic heterocycles. The largest absolute Gasteiger partial charge is 0.506 e. The fourth-order valence-corrected chi connectivity index (χ4v) is 4.28. The summed E-state index contributed by atoms with van der Waals surface area (Å²) in [6.07, 6.45) is 5.78. The van der Waals surface area contributed by atoms with Gasteiger partial charge < -0.3 is 5.11 Å². The second-order valence-electron chi connectivity index (χ2n) is 5.66. The van der Waals surface area contributed by atoms with Crippen LogP contribution < -0.4 is 9.03 Å². The topological polar surface area (TPSA) is 86.7 Å². The number of carbonyl (C=O) groups excluding carboxylic acids is 1. The van der Waals surface area contributed by atoms with Crippen LogP contribution in [0, 0.1) is 5.92 Å². The fraction of sp³-hybridized carbons (Fsp3) is 0.500. The van der Waals surface area contributed by atoms with Crippen LogP contribution in [0.4, 0.5) is 5.69 Å². The standard InChI is InChI=1S/C14H18N2O4S/c17-13-8-11(7-10-3-1-2-4-10)5-6-12(13)16-14(18)9-15-21(16,19)20/h5-6,8,10,15,17H,1-4,7,9H2. The van der Waals surface area contributed by atoms with Crippen LogP contribution >= 0.6 is 0 Å². The number of aromatic hydroxyl groups is 1. The van der Waals surface area contributed by atoms with Crippen molar-refractivity contribution < 1.29 is 18.3 Å². The first-order valence-electron chi connectivity index (χ1n) is 7.12. The van der Waals surface area contributed by atoms with Gasteiger partial charge in [-0.2, -0.15) is 17.4 Å². The van der Waals surface area contributed by atoms with Gasteiger partial charge in [-0.15, -0.1) is 0 Å². The lowest BCUT2D eigenvalue weighted by Gasteiger charge is -2.17. The molecule has 1 saturated carbocycles. The van der Waals surface area contributed by atoms with Crippen molar-refractivity contribution in [3.8, 4) is 5.75 Å². The number of anilines is 1. The number of phenolic OH excluding ortho intramolecular Hbond substituents is 1. The SMILES string of the molecule is O=C1CNS(=O)(=O)N1c1ccc(CC2CCCC2)cc1O. The Morgan fingerprint density at radius 1 is 1.29 bits per heavy atom. The zero-order chi connectivity index (χ0) is 15.0. The Bertz CT molecular complexity index is 666. The fourth-order valence-electron chi connectivity index (χ4n) is 3.10.